The standard InChI is InChI=1S/C6H5F9O6S3/c7-4(8,9)22(16,17)1-3(24(20,21)6(13,14)15)2-23(18,19)5(10,11)12/h3H,1-2H2. The van der Waals surface area contributed by atoms with E-state index in [0.717, 1.165) is 0 Å². The van der Waals surface area contributed by atoms with Gasteiger partial charge in [-0.15, -0.1) is 0 Å². The van der Waals surface area contributed by atoms with E-state index in [9.17, 15) is 64.8 Å². The van der Waals surface area contributed by atoms with Crippen molar-refractivity contribution in [2.75, 3.05) is 11.5 Å². The Kier molecular flexibility index (Phi) is 5.98. The highest BCUT2D eigenvalue weighted by atomic mass is 32.2. The normalized spacial score (nSPS) is 15.8. The van der Waals surface area contributed by atoms with Crippen LogP contribution in [0.4, 0.5) is 39.5 Å². The Morgan fingerprint density at radius 1 is 0.542 bits per heavy atom. The highest BCUT2D eigenvalue weighted by Gasteiger charge is 2.59. The molecule has 0 radical (unpaired) electrons. The van der Waals surface area contributed by atoms with Crippen molar-refractivity contribution in [3.8, 4) is 0 Å². The summed E-state index contributed by atoms with van der Waals surface area (Å²) in [6, 6.07) is 0. The first-order valence-corrected chi connectivity index (χ1v) is 9.79. The summed E-state index contributed by atoms with van der Waals surface area (Å²) in [4.78, 5) is 0. The Hall–Kier alpha value is -0.780. The van der Waals surface area contributed by atoms with E-state index in [1.807, 2.05) is 0 Å². The molecule has 0 amide bonds. The second-order valence-corrected chi connectivity index (χ2v) is 10.3. The lowest BCUT2D eigenvalue weighted by Crippen LogP contribution is -2.47. The molecular formula is C6H5F9O6S3. The summed E-state index contributed by atoms with van der Waals surface area (Å²) in [5.41, 5.74) is -19.1. The zero-order chi connectivity index (χ0) is 20.0. The fraction of sp³-hybridized carbons (Fsp3) is 1.00. The molecule has 0 bridgehead atoms. The van der Waals surface area contributed by atoms with Crippen molar-refractivity contribution in [1.82, 2.24) is 0 Å². The molecule has 0 N–H and O–H groups in total. The number of sulfone groups is 3. The van der Waals surface area contributed by atoms with Gasteiger partial charge in [-0.3, -0.25) is 0 Å². The van der Waals surface area contributed by atoms with Crippen LogP contribution in [0.3, 0.4) is 0 Å². The molecule has 0 unspecified atom stereocenters. The lowest BCUT2D eigenvalue weighted by atomic mass is 10.5. The molecule has 0 rings (SSSR count). The van der Waals surface area contributed by atoms with E-state index in [2.05, 4.69) is 0 Å². The van der Waals surface area contributed by atoms with Gasteiger partial charge < -0.3 is 0 Å². The Morgan fingerprint density at radius 2 is 0.792 bits per heavy atom. The second kappa shape index (κ2) is 6.19. The van der Waals surface area contributed by atoms with Gasteiger partial charge in [0.15, 0.2) is 0 Å². The summed E-state index contributed by atoms with van der Waals surface area (Å²) in [7, 11) is -20.3. The molecule has 0 spiro atoms. The molecule has 6 nitrogen and oxygen atoms in total. The topological polar surface area (TPSA) is 102 Å². The first-order chi connectivity index (χ1) is 10.1. The molecule has 24 heavy (non-hydrogen) atoms. The molecule has 0 aromatic heterocycles. The number of hydrogen-bond donors (Lipinski definition) is 0. The van der Waals surface area contributed by atoms with Crippen molar-refractivity contribution in [2.45, 2.75) is 21.8 Å². The van der Waals surface area contributed by atoms with Gasteiger partial charge in [0.1, 0.15) is 0 Å². The van der Waals surface area contributed by atoms with Crippen LogP contribution in [0, 0.1) is 0 Å². The van der Waals surface area contributed by atoms with Crippen LogP contribution in [-0.4, -0.2) is 58.5 Å². The summed E-state index contributed by atoms with van der Waals surface area (Å²) in [6.45, 7) is 0. The summed E-state index contributed by atoms with van der Waals surface area (Å²) in [5, 5.41) is -4.06. The number of rotatable bonds is 5. The van der Waals surface area contributed by atoms with Crippen LogP contribution < -0.4 is 0 Å². The van der Waals surface area contributed by atoms with Crippen LogP contribution in [-0.2, 0) is 29.5 Å². The molecule has 0 aliphatic rings. The molecule has 0 aromatic rings. The lowest BCUT2D eigenvalue weighted by molar-refractivity contribution is -0.0469. The van der Waals surface area contributed by atoms with E-state index in [-0.39, 0.29) is 0 Å². The Bertz CT molecular complexity index is 721. The van der Waals surface area contributed by atoms with Crippen LogP contribution in [0.1, 0.15) is 0 Å². The number of halogens is 9. The van der Waals surface area contributed by atoms with Crippen molar-refractivity contribution < 1.29 is 64.8 Å². The average Bonchev–Trinajstić information content (AvgIpc) is 2.22. The van der Waals surface area contributed by atoms with Gasteiger partial charge in [-0.2, -0.15) is 39.5 Å². The summed E-state index contributed by atoms with van der Waals surface area (Å²) in [6.07, 6.45) is 0. The van der Waals surface area contributed by atoms with Crippen LogP contribution in [0.2, 0.25) is 0 Å². The van der Waals surface area contributed by atoms with Crippen molar-refractivity contribution in [2.24, 2.45) is 0 Å². The van der Waals surface area contributed by atoms with E-state index >= 15 is 0 Å². The highest BCUT2D eigenvalue weighted by Crippen LogP contribution is 2.34. The molecule has 0 aromatic carbocycles. The van der Waals surface area contributed by atoms with Gasteiger partial charge in [0.2, 0.25) is 19.7 Å². The molecule has 0 fully saturated rings. The second-order valence-electron chi connectivity index (χ2n) is 4.07. The van der Waals surface area contributed by atoms with Gasteiger partial charge in [0, 0.05) is 0 Å². The number of alkyl halides is 9. The third-order valence-corrected chi connectivity index (χ3v) is 7.65. The number of hydrogen-bond acceptors (Lipinski definition) is 6. The molecule has 146 valence electrons. The highest BCUT2D eigenvalue weighted by molar-refractivity contribution is 7.98. The molecule has 0 aliphatic carbocycles. The molecule has 0 atom stereocenters. The van der Waals surface area contributed by atoms with Gasteiger partial charge in [-0.25, -0.2) is 25.3 Å². The minimum absolute atomic E-state index is 3.05. The smallest absolute Gasteiger partial charge is 0.220 e. The van der Waals surface area contributed by atoms with Gasteiger partial charge in [0.05, 0.1) is 16.8 Å². The monoisotopic (exact) mass is 440 g/mol. The van der Waals surface area contributed by atoms with Gasteiger partial charge in [0.25, 0.3) is 9.84 Å². The zero-order valence-electron chi connectivity index (χ0n) is 10.6. The first-order valence-electron chi connectivity index (χ1n) is 4.94. The van der Waals surface area contributed by atoms with E-state index in [1.54, 1.807) is 0 Å². The average molecular weight is 440 g/mol. The fourth-order valence-corrected chi connectivity index (χ4v) is 5.72. The van der Waals surface area contributed by atoms with Crippen molar-refractivity contribution in [3.63, 3.8) is 0 Å². The molecule has 0 aliphatic heterocycles. The molecule has 0 heterocycles. The Morgan fingerprint density at radius 3 is 0.958 bits per heavy atom. The van der Waals surface area contributed by atoms with Gasteiger partial charge in [-0.1, -0.05) is 0 Å². The van der Waals surface area contributed by atoms with Crippen molar-refractivity contribution in [3.05, 3.63) is 0 Å². The van der Waals surface area contributed by atoms with Crippen LogP contribution in [0.25, 0.3) is 0 Å². The maximum absolute atomic E-state index is 12.3. The first kappa shape index (κ1) is 23.2. The van der Waals surface area contributed by atoms with Crippen LogP contribution >= 0.6 is 0 Å². The van der Waals surface area contributed by atoms with E-state index < -0.39 is 62.8 Å². The third kappa shape index (κ3) is 4.87. The maximum atomic E-state index is 12.3. The predicted octanol–water partition coefficient (Wildman–Crippen LogP) is 1.16. The van der Waals surface area contributed by atoms with Crippen molar-refractivity contribution >= 4 is 29.5 Å². The Balaban J connectivity index is 6.22. The van der Waals surface area contributed by atoms with E-state index in [4.69, 9.17) is 0 Å². The third-order valence-electron chi connectivity index (χ3n) is 2.28. The molecule has 18 heteroatoms. The lowest BCUT2D eigenvalue weighted by Gasteiger charge is -2.20. The van der Waals surface area contributed by atoms with Gasteiger partial charge >= 0.3 is 16.5 Å². The van der Waals surface area contributed by atoms with Gasteiger partial charge in [-0.05, 0) is 0 Å². The Labute approximate surface area is 128 Å². The van der Waals surface area contributed by atoms with E-state index in [1.165, 1.54) is 0 Å². The predicted molar refractivity (Wildman–Crippen MR) is 58.4 cm³/mol. The summed E-state index contributed by atoms with van der Waals surface area (Å²) < 4.78 is 174. The summed E-state index contributed by atoms with van der Waals surface area (Å²) >= 11 is 0. The zero-order valence-corrected chi connectivity index (χ0v) is 13.0. The van der Waals surface area contributed by atoms with E-state index in [0.29, 0.717) is 0 Å². The summed E-state index contributed by atoms with van der Waals surface area (Å²) in [5.74, 6) is -6.10. The fourth-order valence-electron chi connectivity index (χ4n) is 1.09. The van der Waals surface area contributed by atoms with Crippen LogP contribution in [0.5, 0.6) is 0 Å². The minimum Gasteiger partial charge on any atom is -0.220 e. The van der Waals surface area contributed by atoms with Crippen molar-refractivity contribution in [1.29, 1.82) is 0 Å². The minimum atomic E-state index is -6.98. The molecule has 0 saturated heterocycles. The molecule has 0 saturated carbocycles. The largest absolute Gasteiger partial charge is 0.497 e. The van der Waals surface area contributed by atoms with Crippen LogP contribution in [0.15, 0.2) is 0 Å². The molecular weight excluding hydrogens is 435 g/mol. The SMILES string of the molecule is O=S(=O)(CC(CS(=O)(=O)C(F)(F)F)S(=O)(=O)C(F)(F)F)C(F)(F)F. The quantitative estimate of drug-likeness (QED) is 0.595. The maximum Gasteiger partial charge on any atom is 0.497 e.